The number of carbonyl (C=O) groups is 1. The Morgan fingerprint density at radius 2 is 2.28 bits per heavy atom. The fraction of sp³-hybridized carbons (Fsp3) is 0.417. The van der Waals surface area contributed by atoms with E-state index >= 15 is 0 Å². The lowest BCUT2D eigenvalue weighted by Gasteiger charge is -2.30. The molecule has 0 saturated carbocycles. The zero-order valence-electron chi connectivity index (χ0n) is 10.1. The first-order valence-electron chi connectivity index (χ1n) is 5.54. The Balaban J connectivity index is 0.00000162. The highest BCUT2D eigenvalue weighted by atomic mass is 79.9. The Bertz CT molecular complexity index is 444. The van der Waals surface area contributed by atoms with Crippen molar-refractivity contribution >= 4 is 51.7 Å². The largest absolute Gasteiger partial charge is 0.398 e. The summed E-state index contributed by atoms with van der Waals surface area (Å²) in [5, 5.41) is 0.504. The second-order valence-corrected chi connectivity index (χ2v) is 6.63. The highest BCUT2D eigenvalue weighted by molar-refractivity contribution is 9.10. The van der Waals surface area contributed by atoms with Gasteiger partial charge in [0.25, 0.3) is 5.91 Å². The predicted octanol–water partition coefficient (Wildman–Crippen LogP) is 3.03. The SMILES string of the molecule is CC1CN(C(=O)c2ccc(Br)cc2N)CCS1.Cl. The molecule has 1 atom stereocenters. The Kier molecular flexibility index (Phi) is 5.82. The molecular formula is C12H16BrClN2OS. The fourth-order valence-electron chi connectivity index (χ4n) is 1.90. The third kappa shape index (κ3) is 3.56. The third-order valence-corrected chi connectivity index (χ3v) is 4.40. The third-order valence-electron chi connectivity index (χ3n) is 2.77. The summed E-state index contributed by atoms with van der Waals surface area (Å²) in [4.78, 5) is 14.2. The molecule has 1 aliphatic heterocycles. The lowest BCUT2D eigenvalue weighted by atomic mass is 10.1. The molecular weight excluding hydrogens is 336 g/mol. The van der Waals surface area contributed by atoms with Crippen LogP contribution < -0.4 is 5.73 Å². The lowest BCUT2D eigenvalue weighted by Crippen LogP contribution is -2.41. The number of benzene rings is 1. The van der Waals surface area contributed by atoms with Crippen LogP contribution in [-0.2, 0) is 0 Å². The van der Waals surface area contributed by atoms with Crippen molar-refractivity contribution in [3.8, 4) is 0 Å². The van der Waals surface area contributed by atoms with E-state index in [4.69, 9.17) is 5.73 Å². The number of nitrogens with two attached hydrogens (primary N) is 1. The zero-order chi connectivity index (χ0) is 12.4. The summed E-state index contributed by atoms with van der Waals surface area (Å²) in [7, 11) is 0. The Morgan fingerprint density at radius 1 is 1.56 bits per heavy atom. The van der Waals surface area contributed by atoms with Gasteiger partial charge in [-0.15, -0.1) is 12.4 Å². The number of anilines is 1. The van der Waals surface area contributed by atoms with Gasteiger partial charge in [-0.25, -0.2) is 0 Å². The minimum Gasteiger partial charge on any atom is -0.398 e. The van der Waals surface area contributed by atoms with E-state index in [1.807, 2.05) is 22.7 Å². The van der Waals surface area contributed by atoms with Crippen molar-refractivity contribution < 1.29 is 4.79 Å². The molecule has 1 fully saturated rings. The van der Waals surface area contributed by atoms with E-state index in [1.165, 1.54) is 0 Å². The highest BCUT2D eigenvalue weighted by Crippen LogP contribution is 2.23. The van der Waals surface area contributed by atoms with Gasteiger partial charge in [0.1, 0.15) is 0 Å². The zero-order valence-corrected chi connectivity index (χ0v) is 13.3. The van der Waals surface area contributed by atoms with Gasteiger partial charge >= 0.3 is 0 Å². The Morgan fingerprint density at radius 3 is 2.89 bits per heavy atom. The standard InChI is InChI=1S/C12H15BrN2OS.ClH/c1-8-7-15(4-5-17-8)12(16)10-3-2-9(13)6-11(10)14;/h2-3,6,8H,4-5,7,14H2,1H3;1H. The van der Waals surface area contributed by atoms with Crippen LogP contribution in [0.15, 0.2) is 22.7 Å². The first-order chi connectivity index (χ1) is 8.08. The summed E-state index contributed by atoms with van der Waals surface area (Å²) in [5.41, 5.74) is 7.02. The monoisotopic (exact) mass is 350 g/mol. The summed E-state index contributed by atoms with van der Waals surface area (Å²) in [6.07, 6.45) is 0. The molecule has 2 rings (SSSR count). The maximum atomic E-state index is 12.3. The number of carbonyl (C=O) groups excluding carboxylic acids is 1. The van der Waals surface area contributed by atoms with E-state index in [0.29, 0.717) is 16.5 Å². The molecule has 1 aromatic rings. The minimum absolute atomic E-state index is 0. The van der Waals surface area contributed by atoms with Gasteiger partial charge in [0.2, 0.25) is 0 Å². The molecule has 3 nitrogen and oxygen atoms in total. The molecule has 2 N–H and O–H groups in total. The lowest BCUT2D eigenvalue weighted by molar-refractivity contribution is 0.0764. The number of halogens is 2. The molecule has 0 spiro atoms. The van der Waals surface area contributed by atoms with Crippen LogP contribution >= 0.6 is 40.1 Å². The highest BCUT2D eigenvalue weighted by Gasteiger charge is 2.23. The van der Waals surface area contributed by atoms with Crippen molar-refractivity contribution in [2.45, 2.75) is 12.2 Å². The van der Waals surface area contributed by atoms with Gasteiger partial charge in [0.15, 0.2) is 0 Å². The van der Waals surface area contributed by atoms with Gasteiger partial charge in [-0.3, -0.25) is 4.79 Å². The second-order valence-electron chi connectivity index (χ2n) is 4.16. The molecule has 1 saturated heterocycles. The van der Waals surface area contributed by atoms with Crippen molar-refractivity contribution in [1.82, 2.24) is 4.90 Å². The van der Waals surface area contributed by atoms with Crippen LogP contribution in [0.5, 0.6) is 0 Å². The number of hydrogen-bond acceptors (Lipinski definition) is 3. The molecule has 1 amide bonds. The number of amides is 1. The van der Waals surface area contributed by atoms with E-state index in [1.54, 1.807) is 12.1 Å². The molecule has 1 unspecified atom stereocenters. The molecule has 1 aliphatic rings. The topological polar surface area (TPSA) is 46.3 Å². The van der Waals surface area contributed by atoms with E-state index in [9.17, 15) is 4.79 Å². The van der Waals surface area contributed by atoms with Gasteiger partial charge in [-0.2, -0.15) is 11.8 Å². The van der Waals surface area contributed by atoms with Crippen LogP contribution in [-0.4, -0.2) is 34.9 Å². The van der Waals surface area contributed by atoms with Gasteiger partial charge in [-0.05, 0) is 18.2 Å². The number of thioether (sulfide) groups is 1. The number of nitrogens with zero attached hydrogens (tertiary/aromatic N) is 1. The number of rotatable bonds is 1. The van der Waals surface area contributed by atoms with Gasteiger partial charge < -0.3 is 10.6 Å². The first-order valence-corrected chi connectivity index (χ1v) is 7.38. The van der Waals surface area contributed by atoms with Crippen molar-refractivity contribution in [3.63, 3.8) is 0 Å². The Hall–Kier alpha value is -0.390. The van der Waals surface area contributed by atoms with E-state index in [0.717, 1.165) is 23.3 Å². The summed E-state index contributed by atoms with van der Waals surface area (Å²) < 4.78 is 0.897. The molecule has 6 heteroatoms. The van der Waals surface area contributed by atoms with Crippen LogP contribution in [0.25, 0.3) is 0 Å². The van der Waals surface area contributed by atoms with Crippen LogP contribution in [0.1, 0.15) is 17.3 Å². The van der Waals surface area contributed by atoms with Crippen LogP contribution in [0.3, 0.4) is 0 Å². The molecule has 0 aliphatic carbocycles. The van der Waals surface area contributed by atoms with E-state index in [-0.39, 0.29) is 18.3 Å². The van der Waals surface area contributed by atoms with E-state index < -0.39 is 0 Å². The Labute approximate surface area is 126 Å². The summed E-state index contributed by atoms with van der Waals surface area (Å²) in [5.74, 6) is 1.05. The molecule has 1 heterocycles. The van der Waals surface area contributed by atoms with Crippen molar-refractivity contribution in [3.05, 3.63) is 28.2 Å². The van der Waals surface area contributed by atoms with Crippen LogP contribution in [0.4, 0.5) is 5.69 Å². The van der Waals surface area contributed by atoms with Gasteiger partial charge in [0, 0.05) is 34.3 Å². The predicted molar refractivity (Wildman–Crippen MR) is 83.6 cm³/mol. The van der Waals surface area contributed by atoms with Crippen LogP contribution in [0.2, 0.25) is 0 Å². The molecule has 0 aromatic heterocycles. The van der Waals surface area contributed by atoms with Crippen molar-refractivity contribution in [2.75, 3.05) is 24.6 Å². The molecule has 18 heavy (non-hydrogen) atoms. The first kappa shape index (κ1) is 15.7. The minimum atomic E-state index is 0. The van der Waals surface area contributed by atoms with E-state index in [2.05, 4.69) is 22.9 Å². The maximum absolute atomic E-state index is 12.3. The summed E-state index contributed by atoms with van der Waals surface area (Å²) in [6, 6.07) is 5.41. The maximum Gasteiger partial charge on any atom is 0.256 e. The molecule has 0 radical (unpaired) electrons. The quantitative estimate of drug-likeness (QED) is 0.791. The molecule has 0 bridgehead atoms. The second kappa shape index (κ2) is 6.68. The summed E-state index contributed by atoms with van der Waals surface area (Å²) in [6.45, 7) is 3.76. The van der Waals surface area contributed by atoms with Gasteiger partial charge in [0.05, 0.1) is 5.56 Å². The number of nitrogen functional groups attached to an aromatic ring is 1. The number of hydrogen-bond donors (Lipinski definition) is 1. The smallest absolute Gasteiger partial charge is 0.256 e. The molecule has 100 valence electrons. The van der Waals surface area contributed by atoms with Gasteiger partial charge in [-0.1, -0.05) is 22.9 Å². The van der Waals surface area contributed by atoms with Crippen molar-refractivity contribution in [1.29, 1.82) is 0 Å². The van der Waals surface area contributed by atoms with Crippen LogP contribution in [0, 0.1) is 0 Å². The summed E-state index contributed by atoms with van der Waals surface area (Å²) >= 11 is 5.25. The molecule has 1 aromatic carbocycles. The average molecular weight is 352 g/mol. The fourth-order valence-corrected chi connectivity index (χ4v) is 3.29. The van der Waals surface area contributed by atoms with Crippen molar-refractivity contribution in [2.24, 2.45) is 0 Å². The average Bonchev–Trinajstić information content (AvgIpc) is 2.28. The normalized spacial score (nSPS) is 19.2.